The number of para-hydroxylation sites is 1. The van der Waals surface area contributed by atoms with E-state index in [1.807, 2.05) is 73.1 Å². The van der Waals surface area contributed by atoms with Gasteiger partial charge in [-0.1, -0.05) is 146 Å². The lowest BCUT2D eigenvalue weighted by molar-refractivity contribution is 1.06. The summed E-state index contributed by atoms with van der Waals surface area (Å²) < 4.78 is 2.35. The molecule has 0 atom stereocenters. The summed E-state index contributed by atoms with van der Waals surface area (Å²) in [5.41, 5.74) is 13.3. The molecular formula is C48H29N5. The largest absolute Gasteiger partial charge is 0.308 e. The molecule has 0 bridgehead atoms. The van der Waals surface area contributed by atoms with Crippen LogP contribution in [0.15, 0.2) is 176 Å². The fourth-order valence-corrected chi connectivity index (χ4v) is 8.17. The third-order valence-corrected chi connectivity index (χ3v) is 10.5. The summed E-state index contributed by atoms with van der Waals surface area (Å²) in [6.07, 6.45) is 3.79. The maximum absolute atomic E-state index is 5.02. The van der Waals surface area contributed by atoms with E-state index in [1.165, 1.54) is 54.9 Å². The van der Waals surface area contributed by atoms with Crippen molar-refractivity contribution in [2.75, 3.05) is 0 Å². The van der Waals surface area contributed by atoms with E-state index in [2.05, 4.69) is 108 Å². The second kappa shape index (κ2) is 11.7. The van der Waals surface area contributed by atoms with Crippen molar-refractivity contribution >= 4 is 32.6 Å². The van der Waals surface area contributed by atoms with Gasteiger partial charge in [0.1, 0.15) is 0 Å². The second-order valence-corrected chi connectivity index (χ2v) is 13.5. The van der Waals surface area contributed by atoms with Gasteiger partial charge in [-0.2, -0.15) is 0 Å². The quantitative estimate of drug-likeness (QED) is 0.186. The third-order valence-electron chi connectivity index (χ3n) is 10.5. The van der Waals surface area contributed by atoms with Gasteiger partial charge in [-0.3, -0.25) is 4.98 Å². The third kappa shape index (κ3) is 4.57. The molecule has 3 aromatic heterocycles. The molecule has 53 heavy (non-hydrogen) atoms. The molecule has 3 heterocycles. The average molecular weight is 676 g/mol. The summed E-state index contributed by atoms with van der Waals surface area (Å²) in [7, 11) is 0. The predicted molar refractivity (Wildman–Crippen MR) is 216 cm³/mol. The Morgan fingerprint density at radius 2 is 0.849 bits per heavy atom. The minimum absolute atomic E-state index is 0.571. The van der Waals surface area contributed by atoms with E-state index in [1.54, 1.807) is 0 Å². The first-order chi connectivity index (χ1) is 26.3. The van der Waals surface area contributed by atoms with Gasteiger partial charge in [-0.05, 0) is 62.4 Å². The van der Waals surface area contributed by atoms with Crippen LogP contribution in [0.4, 0.5) is 0 Å². The molecule has 7 aromatic carbocycles. The first-order valence-electron chi connectivity index (χ1n) is 17.8. The molecule has 246 valence electrons. The summed E-state index contributed by atoms with van der Waals surface area (Å²) in [6, 6.07) is 57.7. The molecular weight excluding hydrogens is 647 g/mol. The maximum atomic E-state index is 5.02. The summed E-state index contributed by atoms with van der Waals surface area (Å²) in [5, 5.41) is 4.93. The minimum Gasteiger partial charge on any atom is -0.308 e. The Kier molecular flexibility index (Phi) is 6.48. The molecule has 0 N–H and O–H groups in total. The molecule has 0 radical (unpaired) electrons. The van der Waals surface area contributed by atoms with Gasteiger partial charge in [0.2, 0.25) is 0 Å². The second-order valence-electron chi connectivity index (χ2n) is 13.5. The van der Waals surface area contributed by atoms with Crippen molar-refractivity contribution in [2.45, 2.75) is 0 Å². The highest BCUT2D eigenvalue weighted by Gasteiger charge is 2.25. The fourth-order valence-electron chi connectivity index (χ4n) is 8.17. The van der Waals surface area contributed by atoms with Gasteiger partial charge in [-0.15, -0.1) is 0 Å². The molecule has 5 heteroatoms. The minimum atomic E-state index is 0.571. The highest BCUT2D eigenvalue weighted by Crippen LogP contribution is 2.50. The monoisotopic (exact) mass is 675 g/mol. The maximum Gasteiger partial charge on any atom is 0.165 e. The smallest absolute Gasteiger partial charge is 0.165 e. The van der Waals surface area contributed by atoms with Crippen LogP contribution in [0.1, 0.15) is 0 Å². The van der Waals surface area contributed by atoms with Crippen LogP contribution in [0.3, 0.4) is 0 Å². The van der Waals surface area contributed by atoms with Gasteiger partial charge in [0.05, 0.1) is 22.9 Å². The topological polar surface area (TPSA) is 56.5 Å². The van der Waals surface area contributed by atoms with Gasteiger partial charge >= 0.3 is 0 Å². The van der Waals surface area contributed by atoms with Gasteiger partial charge < -0.3 is 4.57 Å². The number of nitrogens with zero attached hydrogens (tertiary/aromatic N) is 5. The molecule has 0 unspecified atom stereocenters. The van der Waals surface area contributed by atoms with Crippen molar-refractivity contribution in [1.29, 1.82) is 0 Å². The molecule has 0 amide bonds. The molecule has 0 spiro atoms. The molecule has 0 saturated heterocycles. The van der Waals surface area contributed by atoms with E-state index in [0.29, 0.717) is 17.5 Å². The number of hydrogen-bond donors (Lipinski definition) is 0. The van der Waals surface area contributed by atoms with Crippen LogP contribution in [0.25, 0.3) is 106 Å². The zero-order chi connectivity index (χ0) is 34.9. The molecule has 1 aliphatic carbocycles. The van der Waals surface area contributed by atoms with E-state index in [9.17, 15) is 0 Å². The standard InChI is InChI=1S/C48H29N5/c1-3-14-30(15-4-1)46-50-47(31-16-5-2-6-17-31)52-48(51-46)32-26-33(29-49-28-32)53-42-25-12-11-22-39(42)45-40-24-13-23-38-36-20-9-7-18-34(36)35-19-8-10-21-37(35)41(44(38)40)27-43(45)53/h1-29H. The van der Waals surface area contributed by atoms with Crippen molar-refractivity contribution in [3.05, 3.63) is 176 Å². The van der Waals surface area contributed by atoms with E-state index in [-0.39, 0.29) is 0 Å². The van der Waals surface area contributed by atoms with Gasteiger partial charge in [0.25, 0.3) is 0 Å². The lowest BCUT2D eigenvalue weighted by Crippen LogP contribution is -2.01. The SMILES string of the molecule is c1ccc(-c2nc(-c3ccccc3)nc(-c3cncc(-n4c5ccccc5c5c6cccc7c6c(cc54)-c4ccccc4-c4ccccc4-7)c3)n2)cc1. The summed E-state index contributed by atoms with van der Waals surface area (Å²) in [5.74, 6) is 1.81. The average Bonchev–Trinajstić information content (AvgIpc) is 3.52. The van der Waals surface area contributed by atoms with Crippen LogP contribution >= 0.6 is 0 Å². The van der Waals surface area contributed by atoms with Crippen molar-refractivity contribution in [2.24, 2.45) is 0 Å². The van der Waals surface area contributed by atoms with Gasteiger partial charge in [-0.25, -0.2) is 15.0 Å². The van der Waals surface area contributed by atoms with Gasteiger partial charge in [0.15, 0.2) is 17.5 Å². The highest BCUT2D eigenvalue weighted by molar-refractivity contribution is 6.28. The molecule has 0 aliphatic heterocycles. The van der Waals surface area contributed by atoms with E-state index in [0.717, 1.165) is 33.4 Å². The van der Waals surface area contributed by atoms with Crippen LogP contribution in [-0.4, -0.2) is 24.5 Å². The molecule has 0 fully saturated rings. The summed E-state index contributed by atoms with van der Waals surface area (Å²) in [4.78, 5) is 19.8. The lowest BCUT2D eigenvalue weighted by Gasteiger charge is -2.14. The summed E-state index contributed by atoms with van der Waals surface area (Å²) in [6.45, 7) is 0. The van der Waals surface area contributed by atoms with Crippen molar-refractivity contribution in [1.82, 2.24) is 24.5 Å². The van der Waals surface area contributed by atoms with Crippen molar-refractivity contribution in [3.63, 3.8) is 0 Å². The normalized spacial score (nSPS) is 11.8. The zero-order valence-electron chi connectivity index (χ0n) is 28.5. The molecule has 5 nitrogen and oxygen atoms in total. The van der Waals surface area contributed by atoms with Crippen LogP contribution < -0.4 is 0 Å². The molecule has 11 rings (SSSR count). The predicted octanol–water partition coefficient (Wildman–Crippen LogP) is 11.8. The number of pyridine rings is 1. The zero-order valence-corrected chi connectivity index (χ0v) is 28.5. The fraction of sp³-hybridized carbons (Fsp3) is 0. The Morgan fingerprint density at radius 1 is 0.340 bits per heavy atom. The lowest BCUT2D eigenvalue weighted by atomic mass is 9.91. The number of fused-ring (bicyclic) bond motifs is 9. The number of rotatable bonds is 4. The van der Waals surface area contributed by atoms with Crippen LogP contribution in [0, 0.1) is 0 Å². The number of hydrogen-bond acceptors (Lipinski definition) is 4. The van der Waals surface area contributed by atoms with Gasteiger partial charge in [0, 0.05) is 33.7 Å². The summed E-state index contributed by atoms with van der Waals surface area (Å²) >= 11 is 0. The van der Waals surface area contributed by atoms with Crippen molar-refractivity contribution in [3.8, 4) is 73.2 Å². The van der Waals surface area contributed by atoms with Crippen LogP contribution in [0.5, 0.6) is 0 Å². The molecule has 10 aromatic rings. The Bertz CT molecular complexity index is 3000. The van der Waals surface area contributed by atoms with Crippen molar-refractivity contribution < 1.29 is 0 Å². The number of benzene rings is 7. The Hall–Kier alpha value is -7.24. The highest BCUT2D eigenvalue weighted by atomic mass is 15.0. The van der Waals surface area contributed by atoms with E-state index in [4.69, 9.17) is 19.9 Å². The van der Waals surface area contributed by atoms with E-state index >= 15 is 0 Å². The van der Waals surface area contributed by atoms with E-state index < -0.39 is 0 Å². The Labute approximate surface area is 305 Å². The first-order valence-corrected chi connectivity index (χ1v) is 17.8. The number of aromatic nitrogens is 5. The van der Waals surface area contributed by atoms with Crippen LogP contribution in [-0.2, 0) is 0 Å². The first kappa shape index (κ1) is 29.5. The molecule has 1 aliphatic rings. The Morgan fingerprint density at radius 3 is 1.51 bits per heavy atom. The molecule has 0 saturated carbocycles. The Balaban J connectivity index is 1.19. The van der Waals surface area contributed by atoms with Crippen LogP contribution in [0.2, 0.25) is 0 Å².